The van der Waals surface area contributed by atoms with E-state index in [1.165, 1.54) is 0 Å². The second-order valence-corrected chi connectivity index (χ2v) is 4.23. The zero-order chi connectivity index (χ0) is 13.7. The van der Waals surface area contributed by atoms with Crippen molar-refractivity contribution in [3.05, 3.63) is 46.4 Å². The summed E-state index contributed by atoms with van der Waals surface area (Å²) in [5, 5.41) is 1.66. The summed E-state index contributed by atoms with van der Waals surface area (Å²) in [6, 6.07) is 7.58. The summed E-state index contributed by atoms with van der Waals surface area (Å²) in [6.07, 6.45) is 2.10. The highest BCUT2D eigenvalue weighted by Crippen LogP contribution is 2.17. The summed E-state index contributed by atoms with van der Waals surface area (Å²) < 4.78 is 11.1. The van der Waals surface area contributed by atoms with Crippen LogP contribution in [0.1, 0.15) is 19.4 Å². The number of nitrogens with one attached hydrogen (secondary N) is 1. The molecule has 2 rings (SSSR count). The van der Waals surface area contributed by atoms with Crippen LogP contribution in [0.3, 0.4) is 0 Å². The van der Waals surface area contributed by atoms with Crippen LogP contribution in [0.25, 0.3) is 10.8 Å². The van der Waals surface area contributed by atoms with Gasteiger partial charge in [0, 0.05) is 31.2 Å². The highest BCUT2D eigenvalue weighted by Gasteiger charge is 2.12. The Morgan fingerprint density at radius 3 is 2.37 bits per heavy atom. The predicted molar refractivity (Wildman–Crippen MR) is 75.3 cm³/mol. The fraction of sp³-hybridized carbons (Fsp3) is 0.400. The highest BCUT2D eigenvalue weighted by atomic mass is 16.7. The molecule has 2 aromatic rings. The summed E-state index contributed by atoms with van der Waals surface area (Å²) in [5.74, 6) is 0. The molecule has 4 nitrogen and oxygen atoms in total. The third kappa shape index (κ3) is 3.22. The quantitative estimate of drug-likeness (QED) is 0.813. The van der Waals surface area contributed by atoms with Crippen molar-refractivity contribution in [1.29, 1.82) is 0 Å². The van der Waals surface area contributed by atoms with Crippen molar-refractivity contribution in [2.24, 2.45) is 0 Å². The second kappa shape index (κ2) is 6.50. The maximum atomic E-state index is 11.8. The predicted octanol–water partition coefficient (Wildman–Crippen LogP) is 2.47. The van der Waals surface area contributed by atoms with Crippen molar-refractivity contribution in [2.75, 3.05) is 13.2 Å². The standard InChI is InChI=1S/C15H19NO3/c1-3-18-14(19-4-2)9-11-10-16-15(17)13-8-6-5-7-12(11)13/h5-8,10,14H,3-4,9H2,1-2H3,(H,16,17). The Bertz CT molecular complexity index is 585. The van der Waals surface area contributed by atoms with Crippen LogP contribution >= 0.6 is 0 Å². The Morgan fingerprint density at radius 1 is 1.11 bits per heavy atom. The lowest BCUT2D eigenvalue weighted by Gasteiger charge is -2.17. The first-order chi connectivity index (χ1) is 9.26. The molecular formula is C15H19NO3. The van der Waals surface area contributed by atoms with Crippen LogP contribution in [0.2, 0.25) is 0 Å². The molecule has 1 heterocycles. The lowest BCUT2D eigenvalue weighted by Crippen LogP contribution is -2.21. The molecule has 102 valence electrons. The number of rotatable bonds is 6. The van der Waals surface area contributed by atoms with Crippen LogP contribution in [-0.2, 0) is 15.9 Å². The van der Waals surface area contributed by atoms with E-state index >= 15 is 0 Å². The molecule has 0 radical (unpaired) electrons. The number of hydrogen-bond acceptors (Lipinski definition) is 3. The summed E-state index contributed by atoms with van der Waals surface area (Å²) in [6.45, 7) is 5.09. The summed E-state index contributed by atoms with van der Waals surface area (Å²) >= 11 is 0. The molecule has 4 heteroatoms. The first-order valence-electron chi connectivity index (χ1n) is 6.58. The smallest absolute Gasteiger partial charge is 0.255 e. The van der Waals surface area contributed by atoms with Crippen LogP contribution in [-0.4, -0.2) is 24.5 Å². The van der Waals surface area contributed by atoms with E-state index in [4.69, 9.17) is 9.47 Å². The largest absolute Gasteiger partial charge is 0.353 e. The first kappa shape index (κ1) is 13.8. The molecule has 1 aromatic carbocycles. The fourth-order valence-corrected chi connectivity index (χ4v) is 2.16. The van der Waals surface area contributed by atoms with Crippen molar-refractivity contribution in [3.8, 4) is 0 Å². The molecule has 0 bridgehead atoms. The molecule has 0 saturated heterocycles. The van der Waals surface area contributed by atoms with E-state index in [9.17, 15) is 4.79 Å². The van der Waals surface area contributed by atoms with Crippen LogP contribution in [0.5, 0.6) is 0 Å². The first-order valence-corrected chi connectivity index (χ1v) is 6.58. The minimum atomic E-state index is -0.274. The minimum Gasteiger partial charge on any atom is -0.353 e. The molecule has 0 aliphatic carbocycles. The molecule has 19 heavy (non-hydrogen) atoms. The Balaban J connectivity index is 2.34. The Hall–Kier alpha value is -1.65. The average molecular weight is 261 g/mol. The van der Waals surface area contributed by atoms with Gasteiger partial charge >= 0.3 is 0 Å². The molecule has 0 amide bonds. The number of benzene rings is 1. The van der Waals surface area contributed by atoms with Gasteiger partial charge in [-0.05, 0) is 30.9 Å². The molecule has 0 saturated carbocycles. The molecule has 1 aromatic heterocycles. The van der Waals surface area contributed by atoms with Gasteiger partial charge in [-0.2, -0.15) is 0 Å². The van der Waals surface area contributed by atoms with Crippen LogP contribution in [0.4, 0.5) is 0 Å². The second-order valence-electron chi connectivity index (χ2n) is 4.23. The molecule has 0 aliphatic rings. The van der Waals surface area contributed by atoms with Crippen LogP contribution in [0.15, 0.2) is 35.3 Å². The molecular weight excluding hydrogens is 242 g/mol. The molecule has 0 spiro atoms. The van der Waals surface area contributed by atoms with E-state index in [1.807, 2.05) is 38.1 Å². The van der Waals surface area contributed by atoms with Crippen molar-refractivity contribution in [1.82, 2.24) is 4.98 Å². The van der Waals surface area contributed by atoms with E-state index in [0.29, 0.717) is 25.0 Å². The van der Waals surface area contributed by atoms with Gasteiger partial charge in [-0.15, -0.1) is 0 Å². The molecule has 0 unspecified atom stereocenters. The zero-order valence-corrected chi connectivity index (χ0v) is 11.3. The van der Waals surface area contributed by atoms with Gasteiger partial charge in [0.05, 0.1) is 0 Å². The topological polar surface area (TPSA) is 51.3 Å². The van der Waals surface area contributed by atoms with Gasteiger partial charge in [0.25, 0.3) is 5.56 Å². The van der Waals surface area contributed by atoms with Gasteiger partial charge in [-0.25, -0.2) is 0 Å². The van der Waals surface area contributed by atoms with E-state index in [-0.39, 0.29) is 11.8 Å². The molecule has 0 aliphatic heterocycles. The average Bonchev–Trinajstić information content (AvgIpc) is 2.43. The van der Waals surface area contributed by atoms with Crippen molar-refractivity contribution < 1.29 is 9.47 Å². The van der Waals surface area contributed by atoms with Gasteiger partial charge in [0.2, 0.25) is 0 Å². The van der Waals surface area contributed by atoms with Crippen molar-refractivity contribution >= 4 is 10.8 Å². The number of aromatic amines is 1. The number of fused-ring (bicyclic) bond motifs is 1. The number of hydrogen-bond donors (Lipinski definition) is 1. The van der Waals surface area contributed by atoms with Crippen molar-refractivity contribution in [2.45, 2.75) is 26.6 Å². The third-order valence-electron chi connectivity index (χ3n) is 2.99. The van der Waals surface area contributed by atoms with Gasteiger partial charge < -0.3 is 14.5 Å². The van der Waals surface area contributed by atoms with Gasteiger partial charge in [-0.1, -0.05) is 18.2 Å². The van der Waals surface area contributed by atoms with E-state index in [0.717, 1.165) is 10.9 Å². The van der Waals surface area contributed by atoms with E-state index < -0.39 is 0 Å². The Morgan fingerprint density at radius 2 is 1.74 bits per heavy atom. The summed E-state index contributed by atoms with van der Waals surface area (Å²) in [7, 11) is 0. The van der Waals surface area contributed by atoms with Gasteiger partial charge in [-0.3, -0.25) is 4.79 Å². The lowest BCUT2D eigenvalue weighted by molar-refractivity contribution is -0.134. The molecule has 0 atom stereocenters. The lowest BCUT2D eigenvalue weighted by atomic mass is 10.1. The Kier molecular flexibility index (Phi) is 4.71. The van der Waals surface area contributed by atoms with E-state index in [2.05, 4.69) is 4.98 Å². The SMILES string of the molecule is CCOC(Cc1c[nH]c(=O)c2ccccc12)OCC. The maximum absolute atomic E-state index is 11.8. The molecule has 1 N–H and O–H groups in total. The normalized spacial score (nSPS) is 11.3. The van der Waals surface area contributed by atoms with E-state index in [1.54, 1.807) is 6.20 Å². The summed E-state index contributed by atoms with van der Waals surface area (Å²) in [5.41, 5.74) is 0.964. The van der Waals surface area contributed by atoms with Crippen LogP contribution < -0.4 is 5.56 Å². The van der Waals surface area contributed by atoms with Gasteiger partial charge in [0.15, 0.2) is 6.29 Å². The maximum Gasteiger partial charge on any atom is 0.255 e. The molecule has 0 fully saturated rings. The Labute approximate surface area is 112 Å². The summed E-state index contributed by atoms with van der Waals surface area (Å²) in [4.78, 5) is 14.5. The van der Waals surface area contributed by atoms with Crippen LogP contribution in [0, 0.1) is 0 Å². The zero-order valence-electron chi connectivity index (χ0n) is 11.3. The van der Waals surface area contributed by atoms with Gasteiger partial charge in [0.1, 0.15) is 0 Å². The number of pyridine rings is 1. The third-order valence-corrected chi connectivity index (χ3v) is 2.99. The highest BCUT2D eigenvalue weighted by molar-refractivity contribution is 5.84. The number of H-pyrrole nitrogens is 1. The van der Waals surface area contributed by atoms with Crippen molar-refractivity contribution in [3.63, 3.8) is 0 Å². The number of ether oxygens (including phenoxy) is 2. The minimum absolute atomic E-state index is 0.0660. The fourth-order valence-electron chi connectivity index (χ4n) is 2.16. The monoisotopic (exact) mass is 261 g/mol. The number of aromatic nitrogens is 1.